The number of rotatable bonds is 5. The third-order valence-electron chi connectivity index (χ3n) is 3.16. The van der Waals surface area contributed by atoms with Crippen LogP contribution in [0.25, 0.3) is 0 Å². The predicted molar refractivity (Wildman–Crippen MR) is 81.4 cm³/mol. The van der Waals surface area contributed by atoms with Crippen LogP contribution in [0, 0.1) is 11.2 Å². The Balaban J connectivity index is 2.50. The van der Waals surface area contributed by atoms with Crippen LogP contribution in [0.5, 0.6) is 0 Å². The van der Waals surface area contributed by atoms with Gasteiger partial charge < -0.3 is 15.7 Å². The van der Waals surface area contributed by atoms with E-state index in [4.69, 9.17) is 0 Å². The van der Waals surface area contributed by atoms with Gasteiger partial charge in [0.05, 0.1) is 18.7 Å². The molecule has 1 aromatic rings. The number of benzene rings is 1. The zero-order valence-electron chi connectivity index (χ0n) is 13.3. The average molecular weight is 310 g/mol. The minimum absolute atomic E-state index is 0.156. The molecule has 0 heterocycles. The van der Waals surface area contributed by atoms with Crippen LogP contribution < -0.4 is 10.6 Å². The molecule has 0 saturated carbocycles. The molecule has 2 unspecified atom stereocenters. The molecule has 0 radical (unpaired) electrons. The summed E-state index contributed by atoms with van der Waals surface area (Å²) >= 11 is 0. The maximum Gasteiger partial charge on any atom is 0.239 e. The highest BCUT2D eigenvalue weighted by molar-refractivity contribution is 5.87. The summed E-state index contributed by atoms with van der Waals surface area (Å²) in [5.41, 5.74) is -0.0626. The number of hydrogen-bond acceptors (Lipinski definition) is 3. The van der Waals surface area contributed by atoms with Crippen molar-refractivity contribution in [3.63, 3.8) is 0 Å². The van der Waals surface area contributed by atoms with Crippen molar-refractivity contribution in [2.24, 2.45) is 5.41 Å². The van der Waals surface area contributed by atoms with Gasteiger partial charge >= 0.3 is 0 Å². The Hall–Kier alpha value is -1.95. The summed E-state index contributed by atoms with van der Waals surface area (Å²) in [6.45, 7) is 6.73. The van der Waals surface area contributed by atoms with Crippen molar-refractivity contribution in [2.45, 2.75) is 39.8 Å². The molecule has 2 amide bonds. The molecule has 22 heavy (non-hydrogen) atoms. The summed E-state index contributed by atoms with van der Waals surface area (Å²) in [6.07, 6.45) is -0.956. The predicted octanol–water partition coefficient (Wildman–Crippen LogP) is 1.53. The van der Waals surface area contributed by atoms with Crippen LogP contribution in [0.4, 0.5) is 4.39 Å². The van der Waals surface area contributed by atoms with Gasteiger partial charge in [0.2, 0.25) is 11.8 Å². The lowest BCUT2D eigenvalue weighted by Crippen LogP contribution is -2.45. The smallest absolute Gasteiger partial charge is 0.239 e. The summed E-state index contributed by atoms with van der Waals surface area (Å²) in [4.78, 5) is 23.4. The van der Waals surface area contributed by atoms with E-state index in [9.17, 15) is 19.1 Å². The van der Waals surface area contributed by atoms with Crippen molar-refractivity contribution in [1.29, 1.82) is 0 Å². The van der Waals surface area contributed by atoms with Crippen LogP contribution >= 0.6 is 0 Å². The van der Waals surface area contributed by atoms with Crippen LogP contribution in [-0.2, 0) is 9.59 Å². The Morgan fingerprint density at radius 3 is 2.27 bits per heavy atom. The zero-order valence-corrected chi connectivity index (χ0v) is 13.3. The number of amides is 2. The van der Waals surface area contributed by atoms with Gasteiger partial charge in [0.25, 0.3) is 0 Å². The Morgan fingerprint density at radius 1 is 1.23 bits per heavy atom. The van der Waals surface area contributed by atoms with Crippen molar-refractivity contribution in [3.8, 4) is 0 Å². The first-order valence-electron chi connectivity index (χ1n) is 7.12. The molecule has 0 bridgehead atoms. The zero-order chi connectivity index (χ0) is 16.9. The van der Waals surface area contributed by atoms with Gasteiger partial charge in [-0.3, -0.25) is 9.59 Å². The van der Waals surface area contributed by atoms with Gasteiger partial charge in [0, 0.05) is 5.41 Å². The van der Waals surface area contributed by atoms with E-state index in [2.05, 4.69) is 10.6 Å². The molecule has 1 aromatic carbocycles. The highest BCUT2D eigenvalue weighted by Gasteiger charge is 2.23. The Bertz CT molecular complexity index is 523. The Morgan fingerprint density at radius 2 is 1.77 bits per heavy atom. The van der Waals surface area contributed by atoms with Crippen LogP contribution in [0.2, 0.25) is 0 Å². The number of aliphatic hydroxyl groups is 1. The van der Waals surface area contributed by atoms with Crippen molar-refractivity contribution in [3.05, 3.63) is 35.6 Å². The monoisotopic (exact) mass is 310 g/mol. The lowest BCUT2D eigenvalue weighted by Gasteiger charge is -2.22. The molecule has 6 heteroatoms. The number of halogens is 1. The molecule has 0 saturated heterocycles. The fraction of sp³-hybridized carbons (Fsp3) is 0.500. The van der Waals surface area contributed by atoms with Gasteiger partial charge in [-0.25, -0.2) is 4.39 Å². The molecule has 0 aromatic heterocycles. The first kappa shape index (κ1) is 18.1. The fourth-order valence-corrected chi connectivity index (χ4v) is 1.76. The standard InChI is InChI=1S/C16H23FN2O3/c1-10(14(21)11-5-7-12(17)8-6-11)19-13(20)9-18-15(22)16(2,3)4/h5-8,10,14,21H,9H2,1-4H3,(H,18,22)(H,19,20). The lowest BCUT2D eigenvalue weighted by atomic mass is 9.96. The quantitative estimate of drug-likeness (QED) is 0.771. The van der Waals surface area contributed by atoms with Crippen molar-refractivity contribution in [2.75, 3.05) is 6.54 Å². The van der Waals surface area contributed by atoms with Gasteiger partial charge in [0.1, 0.15) is 5.82 Å². The molecule has 122 valence electrons. The van der Waals surface area contributed by atoms with E-state index in [1.165, 1.54) is 24.3 Å². The summed E-state index contributed by atoms with van der Waals surface area (Å²) in [5.74, 6) is -1.02. The summed E-state index contributed by atoms with van der Waals surface area (Å²) in [7, 11) is 0. The van der Waals surface area contributed by atoms with E-state index in [1.807, 2.05) is 0 Å². The average Bonchev–Trinajstić information content (AvgIpc) is 2.43. The van der Waals surface area contributed by atoms with E-state index in [0.717, 1.165) is 0 Å². The second-order valence-corrected chi connectivity index (χ2v) is 6.29. The number of hydrogen-bond donors (Lipinski definition) is 3. The molecule has 3 N–H and O–H groups in total. The number of nitrogens with one attached hydrogen (secondary N) is 2. The number of aliphatic hydroxyl groups excluding tert-OH is 1. The van der Waals surface area contributed by atoms with E-state index in [-0.39, 0.29) is 12.5 Å². The van der Waals surface area contributed by atoms with Gasteiger partial charge in [-0.1, -0.05) is 32.9 Å². The third-order valence-corrected chi connectivity index (χ3v) is 3.16. The number of carbonyl (C=O) groups excluding carboxylic acids is 2. The SMILES string of the molecule is CC(NC(=O)CNC(=O)C(C)(C)C)C(O)c1ccc(F)cc1. The fourth-order valence-electron chi connectivity index (χ4n) is 1.76. The van der Waals surface area contributed by atoms with Crippen LogP contribution in [0.15, 0.2) is 24.3 Å². The second kappa shape index (κ2) is 7.35. The Labute approximate surface area is 129 Å². The molecule has 0 aliphatic heterocycles. The van der Waals surface area contributed by atoms with Gasteiger partial charge in [0.15, 0.2) is 0 Å². The second-order valence-electron chi connectivity index (χ2n) is 6.29. The summed E-state index contributed by atoms with van der Waals surface area (Å²) < 4.78 is 12.8. The molecule has 0 fully saturated rings. The maximum atomic E-state index is 12.8. The highest BCUT2D eigenvalue weighted by atomic mass is 19.1. The first-order chi connectivity index (χ1) is 10.1. The van der Waals surface area contributed by atoms with Crippen molar-refractivity contribution >= 4 is 11.8 Å². The van der Waals surface area contributed by atoms with E-state index in [1.54, 1.807) is 27.7 Å². The summed E-state index contributed by atoms with van der Waals surface area (Å²) in [6, 6.07) is 4.85. The van der Waals surface area contributed by atoms with E-state index in [0.29, 0.717) is 5.56 Å². The van der Waals surface area contributed by atoms with Gasteiger partial charge in [-0.15, -0.1) is 0 Å². The largest absolute Gasteiger partial charge is 0.386 e. The molecular formula is C16H23FN2O3. The van der Waals surface area contributed by atoms with Crippen LogP contribution in [-0.4, -0.2) is 29.5 Å². The van der Waals surface area contributed by atoms with Crippen LogP contribution in [0.3, 0.4) is 0 Å². The molecule has 1 rings (SSSR count). The third kappa shape index (κ3) is 5.44. The maximum absolute atomic E-state index is 12.8. The first-order valence-corrected chi connectivity index (χ1v) is 7.12. The molecule has 2 atom stereocenters. The van der Waals surface area contributed by atoms with Crippen LogP contribution in [0.1, 0.15) is 39.4 Å². The van der Waals surface area contributed by atoms with Gasteiger partial charge in [-0.2, -0.15) is 0 Å². The topological polar surface area (TPSA) is 78.4 Å². The lowest BCUT2D eigenvalue weighted by molar-refractivity contribution is -0.131. The van der Waals surface area contributed by atoms with Crippen molar-refractivity contribution in [1.82, 2.24) is 10.6 Å². The number of carbonyl (C=O) groups is 2. The van der Waals surface area contributed by atoms with E-state index >= 15 is 0 Å². The molecule has 0 spiro atoms. The Kier molecular flexibility index (Phi) is 6.05. The molecular weight excluding hydrogens is 287 g/mol. The normalized spacial score (nSPS) is 14.1. The van der Waals surface area contributed by atoms with Crippen molar-refractivity contribution < 1.29 is 19.1 Å². The minimum Gasteiger partial charge on any atom is -0.386 e. The molecule has 5 nitrogen and oxygen atoms in total. The molecule has 0 aliphatic carbocycles. The van der Waals surface area contributed by atoms with E-state index < -0.39 is 29.3 Å². The van der Waals surface area contributed by atoms with Gasteiger partial charge in [-0.05, 0) is 24.6 Å². The summed E-state index contributed by atoms with van der Waals surface area (Å²) in [5, 5.41) is 15.2. The highest BCUT2D eigenvalue weighted by Crippen LogP contribution is 2.17. The minimum atomic E-state index is -0.956. The molecule has 0 aliphatic rings.